The Kier molecular flexibility index (Phi) is 4.65. The summed E-state index contributed by atoms with van der Waals surface area (Å²) >= 11 is 0. The Morgan fingerprint density at radius 3 is 2.57 bits per heavy atom. The van der Waals surface area contributed by atoms with Gasteiger partial charge in [0.2, 0.25) is 11.8 Å². The van der Waals surface area contributed by atoms with E-state index in [1.165, 1.54) is 29.3 Å². The number of carbonyl (C=O) groups excluding carboxylic acids is 3. The van der Waals surface area contributed by atoms with E-state index in [2.05, 4.69) is 10.7 Å². The van der Waals surface area contributed by atoms with Gasteiger partial charge in [-0.1, -0.05) is 30.4 Å². The number of hydrogen-bond acceptors (Lipinski definition) is 3. The van der Waals surface area contributed by atoms with Gasteiger partial charge in [-0.2, -0.15) is 0 Å². The van der Waals surface area contributed by atoms with Crippen LogP contribution in [0.15, 0.2) is 60.7 Å². The number of benzene rings is 2. The molecule has 3 amide bonds. The normalized spacial score (nSPS) is 21.1. The smallest absolute Gasteiger partial charge is 0.255 e. The monoisotopic (exact) mass is 379 g/mol. The molecule has 0 bridgehead atoms. The summed E-state index contributed by atoms with van der Waals surface area (Å²) in [5.74, 6) is -2.24. The van der Waals surface area contributed by atoms with Crippen molar-refractivity contribution in [3.63, 3.8) is 0 Å². The van der Waals surface area contributed by atoms with E-state index in [1.54, 1.807) is 24.3 Å². The lowest BCUT2D eigenvalue weighted by Gasteiger charge is -2.38. The van der Waals surface area contributed by atoms with Crippen LogP contribution in [0.4, 0.5) is 15.8 Å². The Morgan fingerprint density at radius 1 is 1.04 bits per heavy atom. The molecule has 1 heterocycles. The molecule has 0 radical (unpaired) electrons. The number of amides is 3. The average Bonchev–Trinajstić information content (AvgIpc) is 2.72. The second-order valence-electron chi connectivity index (χ2n) is 6.79. The summed E-state index contributed by atoms with van der Waals surface area (Å²) in [4.78, 5) is 37.7. The van der Waals surface area contributed by atoms with Gasteiger partial charge in [0.25, 0.3) is 5.91 Å². The van der Waals surface area contributed by atoms with Crippen LogP contribution >= 0.6 is 0 Å². The average molecular weight is 379 g/mol. The Morgan fingerprint density at radius 2 is 1.79 bits per heavy atom. The van der Waals surface area contributed by atoms with Gasteiger partial charge in [0.05, 0.1) is 23.2 Å². The van der Waals surface area contributed by atoms with Crippen molar-refractivity contribution >= 4 is 29.1 Å². The minimum absolute atomic E-state index is 0.0667. The van der Waals surface area contributed by atoms with Gasteiger partial charge in [0.1, 0.15) is 5.82 Å². The zero-order valence-corrected chi connectivity index (χ0v) is 14.9. The summed E-state index contributed by atoms with van der Waals surface area (Å²) in [6, 6.07) is 12.2. The molecule has 1 aliphatic carbocycles. The number of hydrogen-bond donors (Lipinski definition) is 2. The maximum atomic E-state index is 13.8. The molecule has 6 nitrogen and oxygen atoms in total. The molecular weight excluding hydrogens is 361 g/mol. The first-order valence-electron chi connectivity index (χ1n) is 9.00. The van der Waals surface area contributed by atoms with Crippen LogP contribution in [0.25, 0.3) is 0 Å². The first-order valence-corrected chi connectivity index (χ1v) is 9.00. The highest BCUT2D eigenvalue weighted by Gasteiger charge is 2.42. The molecule has 142 valence electrons. The fourth-order valence-electron chi connectivity index (χ4n) is 3.53. The number of halogens is 1. The van der Waals surface area contributed by atoms with E-state index in [9.17, 15) is 18.8 Å². The van der Waals surface area contributed by atoms with Crippen molar-refractivity contribution in [2.24, 2.45) is 11.8 Å². The number of allylic oxidation sites excluding steroid dienone is 2. The first kappa shape index (κ1) is 17.9. The quantitative estimate of drug-likeness (QED) is 0.805. The van der Waals surface area contributed by atoms with Gasteiger partial charge >= 0.3 is 0 Å². The van der Waals surface area contributed by atoms with Gasteiger partial charge in [-0.25, -0.2) is 9.40 Å². The molecule has 2 atom stereocenters. The van der Waals surface area contributed by atoms with E-state index < -0.39 is 17.6 Å². The summed E-state index contributed by atoms with van der Waals surface area (Å²) in [6.07, 6.45) is 4.88. The third kappa shape index (κ3) is 3.26. The number of hydrazine groups is 1. The fourth-order valence-corrected chi connectivity index (χ4v) is 3.53. The van der Waals surface area contributed by atoms with Crippen molar-refractivity contribution in [3.8, 4) is 0 Å². The Balaban J connectivity index is 1.57. The lowest BCUT2D eigenvalue weighted by Crippen LogP contribution is -2.59. The van der Waals surface area contributed by atoms with Crippen LogP contribution in [0, 0.1) is 17.7 Å². The minimum Gasteiger partial charge on any atom is -0.319 e. The maximum absolute atomic E-state index is 13.8. The molecule has 1 fully saturated rings. The van der Waals surface area contributed by atoms with Crippen LogP contribution in [0.1, 0.15) is 23.2 Å². The van der Waals surface area contributed by atoms with Crippen LogP contribution in [-0.2, 0) is 9.59 Å². The third-order valence-corrected chi connectivity index (χ3v) is 5.02. The molecule has 0 unspecified atom stereocenters. The number of carbonyl (C=O) groups is 3. The Hall–Kier alpha value is -3.48. The number of rotatable bonds is 3. The predicted octanol–water partition coefficient (Wildman–Crippen LogP) is 3.04. The fraction of sp³-hybridized carbons (Fsp3) is 0.190. The van der Waals surface area contributed by atoms with Gasteiger partial charge in [-0.05, 0) is 43.2 Å². The molecule has 0 saturated carbocycles. The molecule has 0 aromatic heterocycles. The zero-order chi connectivity index (χ0) is 19.7. The largest absolute Gasteiger partial charge is 0.319 e. The van der Waals surface area contributed by atoms with E-state index in [1.807, 2.05) is 12.2 Å². The van der Waals surface area contributed by atoms with Crippen molar-refractivity contribution in [1.82, 2.24) is 5.43 Å². The standard InChI is InChI=1S/C21H18FN3O3/c22-17-10-3-4-11-18(17)23-19(26)13-6-5-7-14(12-13)25-21(28)16-9-2-1-8-15(16)20(27)24-25/h1-7,10-12,15-16H,8-9H2,(H,23,26)(H,24,27)/t15-,16+/m0/s1. The molecule has 1 saturated heterocycles. The molecule has 7 heteroatoms. The third-order valence-electron chi connectivity index (χ3n) is 5.02. The van der Waals surface area contributed by atoms with E-state index in [-0.39, 0.29) is 29.0 Å². The number of nitrogens with one attached hydrogen (secondary N) is 2. The topological polar surface area (TPSA) is 78.5 Å². The van der Waals surface area contributed by atoms with Crippen molar-refractivity contribution in [3.05, 3.63) is 72.1 Å². The van der Waals surface area contributed by atoms with Crippen LogP contribution in [-0.4, -0.2) is 17.7 Å². The van der Waals surface area contributed by atoms with Gasteiger partial charge in [0, 0.05) is 5.56 Å². The molecule has 2 aromatic carbocycles. The highest BCUT2D eigenvalue weighted by Crippen LogP contribution is 2.32. The van der Waals surface area contributed by atoms with Crippen molar-refractivity contribution in [2.75, 3.05) is 10.3 Å². The van der Waals surface area contributed by atoms with E-state index >= 15 is 0 Å². The zero-order valence-electron chi connectivity index (χ0n) is 14.9. The Labute approximate surface area is 161 Å². The maximum Gasteiger partial charge on any atom is 0.255 e. The van der Waals surface area contributed by atoms with Gasteiger partial charge in [0.15, 0.2) is 0 Å². The molecule has 2 aliphatic rings. The van der Waals surface area contributed by atoms with E-state index in [0.29, 0.717) is 18.5 Å². The van der Waals surface area contributed by atoms with Gasteiger partial charge < -0.3 is 5.32 Å². The molecule has 28 heavy (non-hydrogen) atoms. The number of anilines is 2. The number of nitrogens with zero attached hydrogens (tertiary/aromatic N) is 1. The van der Waals surface area contributed by atoms with Crippen LogP contribution in [0.2, 0.25) is 0 Å². The molecule has 0 spiro atoms. The molecule has 2 aromatic rings. The van der Waals surface area contributed by atoms with E-state index in [4.69, 9.17) is 0 Å². The highest BCUT2D eigenvalue weighted by molar-refractivity contribution is 6.07. The summed E-state index contributed by atoms with van der Waals surface area (Å²) in [6.45, 7) is 0. The summed E-state index contributed by atoms with van der Waals surface area (Å²) in [5, 5.41) is 3.71. The summed E-state index contributed by atoms with van der Waals surface area (Å²) < 4.78 is 13.8. The first-order chi connectivity index (χ1) is 13.5. The minimum atomic E-state index is -0.540. The van der Waals surface area contributed by atoms with Crippen LogP contribution in [0.3, 0.4) is 0 Å². The summed E-state index contributed by atoms with van der Waals surface area (Å²) in [7, 11) is 0. The van der Waals surface area contributed by atoms with Crippen molar-refractivity contribution in [1.29, 1.82) is 0 Å². The molecule has 4 rings (SSSR count). The molecule has 2 N–H and O–H groups in total. The molecular formula is C21H18FN3O3. The number of fused-ring (bicyclic) bond motifs is 1. The second-order valence-corrected chi connectivity index (χ2v) is 6.79. The lowest BCUT2D eigenvalue weighted by atomic mass is 9.80. The van der Waals surface area contributed by atoms with Crippen LogP contribution < -0.4 is 15.8 Å². The second kappa shape index (κ2) is 7.26. The van der Waals surface area contributed by atoms with Crippen LogP contribution in [0.5, 0.6) is 0 Å². The molecule has 1 aliphatic heterocycles. The van der Waals surface area contributed by atoms with Gasteiger partial charge in [-0.3, -0.25) is 19.8 Å². The van der Waals surface area contributed by atoms with Crippen molar-refractivity contribution < 1.29 is 18.8 Å². The van der Waals surface area contributed by atoms with Crippen molar-refractivity contribution in [2.45, 2.75) is 12.8 Å². The SMILES string of the molecule is O=C(Nc1ccccc1F)c1cccc(N2NC(=O)[C@H]3CC=CC[C@H]3C2=O)c1. The Bertz CT molecular complexity index is 988. The van der Waals surface area contributed by atoms with Gasteiger partial charge in [-0.15, -0.1) is 0 Å². The lowest BCUT2D eigenvalue weighted by molar-refractivity contribution is -0.139. The highest BCUT2D eigenvalue weighted by atomic mass is 19.1. The number of para-hydroxylation sites is 1. The summed E-state index contributed by atoms with van der Waals surface area (Å²) in [5.41, 5.74) is 3.32. The predicted molar refractivity (Wildman–Crippen MR) is 102 cm³/mol. The van der Waals surface area contributed by atoms with E-state index in [0.717, 1.165) is 0 Å².